The minimum atomic E-state index is 0.105. The number of carbonyl (C=O) groups is 1. The molecule has 1 amide bonds. The van der Waals surface area contributed by atoms with Crippen LogP contribution in [0.15, 0.2) is 0 Å². The van der Waals surface area contributed by atoms with Crippen molar-refractivity contribution in [2.24, 2.45) is 0 Å². The van der Waals surface area contributed by atoms with Crippen LogP contribution in [0, 0.1) is 0 Å². The minimum Gasteiger partial charge on any atom is -0.354 e. The average Bonchev–Trinajstić information content (AvgIpc) is 2.77. The van der Waals surface area contributed by atoms with Crippen LogP contribution < -0.4 is 10.6 Å². The molecule has 0 bridgehead atoms. The molecule has 2 aliphatic rings. The number of carbonyl (C=O) groups excluding carboxylic acids is 1. The van der Waals surface area contributed by atoms with E-state index in [9.17, 15) is 4.79 Å². The largest absolute Gasteiger partial charge is 0.354 e. The van der Waals surface area contributed by atoms with Crippen LogP contribution in [0.2, 0.25) is 0 Å². The number of likely N-dealkylation sites (tertiary alicyclic amines) is 1. The zero-order valence-corrected chi connectivity index (χ0v) is 11.6. The first-order chi connectivity index (χ1) is 8.20. The number of hydrogen-bond donors (Lipinski definition) is 2. The van der Waals surface area contributed by atoms with Crippen molar-refractivity contribution >= 4 is 17.7 Å². The van der Waals surface area contributed by atoms with Gasteiger partial charge in [-0.1, -0.05) is 0 Å². The molecule has 0 aromatic heterocycles. The fraction of sp³-hybridized carbons (Fsp3) is 0.917. The Morgan fingerprint density at radius 3 is 2.65 bits per heavy atom. The predicted octanol–water partition coefficient (Wildman–Crippen LogP) is 0.290. The van der Waals surface area contributed by atoms with E-state index in [2.05, 4.69) is 21.8 Å². The van der Waals surface area contributed by atoms with Crippen LogP contribution >= 0.6 is 11.8 Å². The van der Waals surface area contributed by atoms with Crippen molar-refractivity contribution in [2.75, 3.05) is 32.4 Å². The van der Waals surface area contributed by atoms with E-state index in [0.29, 0.717) is 12.1 Å². The van der Waals surface area contributed by atoms with Crippen molar-refractivity contribution in [1.29, 1.82) is 0 Å². The molecule has 0 aromatic rings. The SMILES string of the molecule is CSC1CNCC1N1CCC(NC(C)=O)CC1. The van der Waals surface area contributed by atoms with Crippen LogP contribution in [-0.2, 0) is 4.79 Å². The van der Waals surface area contributed by atoms with Gasteiger partial charge < -0.3 is 10.6 Å². The maximum atomic E-state index is 11.0. The van der Waals surface area contributed by atoms with E-state index in [0.717, 1.165) is 44.3 Å². The first kappa shape index (κ1) is 13.2. The summed E-state index contributed by atoms with van der Waals surface area (Å²) in [7, 11) is 0. The lowest BCUT2D eigenvalue weighted by Crippen LogP contribution is -2.50. The second kappa shape index (κ2) is 6.07. The first-order valence-electron chi connectivity index (χ1n) is 6.45. The van der Waals surface area contributed by atoms with E-state index in [4.69, 9.17) is 0 Å². The molecule has 0 spiro atoms. The molecule has 2 rings (SSSR count). The van der Waals surface area contributed by atoms with Gasteiger partial charge in [0.15, 0.2) is 0 Å². The molecule has 2 atom stereocenters. The van der Waals surface area contributed by atoms with Gasteiger partial charge in [0.2, 0.25) is 5.91 Å². The highest BCUT2D eigenvalue weighted by Gasteiger charge is 2.33. The highest BCUT2D eigenvalue weighted by Crippen LogP contribution is 2.23. The Bertz CT molecular complexity index is 266. The first-order valence-corrected chi connectivity index (χ1v) is 7.74. The smallest absolute Gasteiger partial charge is 0.217 e. The van der Waals surface area contributed by atoms with E-state index in [-0.39, 0.29) is 5.91 Å². The fourth-order valence-corrected chi connectivity index (χ4v) is 3.78. The topological polar surface area (TPSA) is 44.4 Å². The molecule has 98 valence electrons. The summed E-state index contributed by atoms with van der Waals surface area (Å²) < 4.78 is 0. The summed E-state index contributed by atoms with van der Waals surface area (Å²) in [6.45, 7) is 6.10. The van der Waals surface area contributed by atoms with Gasteiger partial charge in [-0.25, -0.2) is 0 Å². The highest BCUT2D eigenvalue weighted by molar-refractivity contribution is 7.99. The van der Waals surface area contributed by atoms with Gasteiger partial charge in [-0.3, -0.25) is 9.69 Å². The molecule has 2 N–H and O–H groups in total. The Morgan fingerprint density at radius 2 is 2.06 bits per heavy atom. The summed E-state index contributed by atoms with van der Waals surface area (Å²) in [4.78, 5) is 13.6. The summed E-state index contributed by atoms with van der Waals surface area (Å²) in [6.07, 6.45) is 4.39. The molecule has 0 saturated carbocycles. The van der Waals surface area contributed by atoms with Crippen molar-refractivity contribution in [3.05, 3.63) is 0 Å². The van der Waals surface area contributed by atoms with Gasteiger partial charge in [-0.2, -0.15) is 11.8 Å². The zero-order valence-electron chi connectivity index (χ0n) is 10.7. The summed E-state index contributed by atoms with van der Waals surface area (Å²) in [5.74, 6) is 0.105. The van der Waals surface area contributed by atoms with Gasteiger partial charge in [0.1, 0.15) is 0 Å². The number of piperidine rings is 1. The van der Waals surface area contributed by atoms with Crippen LogP contribution in [0.3, 0.4) is 0 Å². The van der Waals surface area contributed by atoms with Crippen molar-refractivity contribution in [1.82, 2.24) is 15.5 Å². The van der Waals surface area contributed by atoms with Crippen LogP contribution in [0.4, 0.5) is 0 Å². The molecule has 5 heteroatoms. The number of nitrogens with one attached hydrogen (secondary N) is 2. The number of hydrogen-bond acceptors (Lipinski definition) is 4. The van der Waals surface area contributed by atoms with E-state index in [1.54, 1.807) is 6.92 Å². The van der Waals surface area contributed by atoms with Crippen LogP contribution in [-0.4, -0.2) is 60.6 Å². The zero-order chi connectivity index (χ0) is 12.3. The van der Waals surface area contributed by atoms with Gasteiger partial charge in [0, 0.05) is 50.4 Å². The van der Waals surface area contributed by atoms with Gasteiger partial charge in [-0.05, 0) is 19.1 Å². The van der Waals surface area contributed by atoms with Gasteiger partial charge in [-0.15, -0.1) is 0 Å². The molecular formula is C12H23N3OS. The van der Waals surface area contributed by atoms with Crippen LogP contribution in [0.25, 0.3) is 0 Å². The molecule has 0 aromatic carbocycles. The van der Waals surface area contributed by atoms with Crippen LogP contribution in [0.1, 0.15) is 19.8 Å². The third-order valence-electron chi connectivity index (χ3n) is 3.84. The molecule has 2 heterocycles. The van der Waals surface area contributed by atoms with Crippen LogP contribution in [0.5, 0.6) is 0 Å². The second-order valence-electron chi connectivity index (χ2n) is 5.01. The van der Waals surface area contributed by atoms with E-state index in [1.165, 1.54) is 0 Å². The maximum Gasteiger partial charge on any atom is 0.217 e. The Labute approximate surface area is 108 Å². The third-order valence-corrected chi connectivity index (χ3v) is 4.92. The Hall–Kier alpha value is -0.260. The molecule has 0 radical (unpaired) electrons. The summed E-state index contributed by atoms with van der Waals surface area (Å²) in [5, 5.41) is 7.24. The van der Waals surface area contributed by atoms with Crippen molar-refractivity contribution in [2.45, 2.75) is 37.1 Å². The lowest BCUT2D eigenvalue weighted by molar-refractivity contribution is -0.120. The average molecular weight is 257 g/mol. The van der Waals surface area contributed by atoms with Gasteiger partial charge >= 0.3 is 0 Å². The predicted molar refractivity (Wildman–Crippen MR) is 72.4 cm³/mol. The molecule has 2 aliphatic heterocycles. The molecule has 2 saturated heterocycles. The highest BCUT2D eigenvalue weighted by atomic mass is 32.2. The summed E-state index contributed by atoms with van der Waals surface area (Å²) >= 11 is 1.97. The van der Waals surface area contributed by atoms with Gasteiger partial charge in [0.25, 0.3) is 0 Å². The Morgan fingerprint density at radius 1 is 1.35 bits per heavy atom. The molecule has 2 unspecified atom stereocenters. The van der Waals surface area contributed by atoms with Gasteiger partial charge in [0.05, 0.1) is 0 Å². The molecule has 17 heavy (non-hydrogen) atoms. The summed E-state index contributed by atoms with van der Waals surface area (Å²) in [6, 6.07) is 1.08. The van der Waals surface area contributed by atoms with E-state index < -0.39 is 0 Å². The minimum absolute atomic E-state index is 0.105. The number of rotatable bonds is 3. The lowest BCUT2D eigenvalue weighted by Gasteiger charge is -2.37. The van der Waals surface area contributed by atoms with Crippen molar-refractivity contribution in [3.63, 3.8) is 0 Å². The Balaban J connectivity index is 1.80. The van der Waals surface area contributed by atoms with E-state index in [1.807, 2.05) is 11.8 Å². The lowest BCUT2D eigenvalue weighted by atomic mass is 10.0. The van der Waals surface area contributed by atoms with E-state index >= 15 is 0 Å². The normalized spacial score (nSPS) is 31.6. The summed E-state index contributed by atoms with van der Waals surface area (Å²) in [5.41, 5.74) is 0. The number of nitrogens with zero attached hydrogens (tertiary/aromatic N) is 1. The van der Waals surface area contributed by atoms with Crippen molar-refractivity contribution in [3.8, 4) is 0 Å². The maximum absolute atomic E-state index is 11.0. The Kier molecular flexibility index (Phi) is 4.70. The quantitative estimate of drug-likeness (QED) is 0.763. The molecular weight excluding hydrogens is 234 g/mol. The molecule has 2 fully saturated rings. The third kappa shape index (κ3) is 3.36. The molecule has 4 nitrogen and oxygen atoms in total. The standard InChI is InChI=1S/C12H23N3OS/c1-9(16)14-10-3-5-15(6-4-10)11-7-13-8-12(11)17-2/h10-13H,3-8H2,1-2H3,(H,14,16). The van der Waals surface area contributed by atoms with Crippen molar-refractivity contribution < 1.29 is 4.79 Å². The second-order valence-corrected chi connectivity index (χ2v) is 6.09. The monoisotopic (exact) mass is 257 g/mol. The fourth-order valence-electron chi connectivity index (χ4n) is 2.91. The molecule has 0 aliphatic carbocycles. The number of thioether (sulfide) groups is 1. The number of amides is 1.